The molecule has 0 aliphatic carbocycles. The first kappa shape index (κ1) is 24.4. The molecule has 0 fully saturated rings. The Labute approximate surface area is 202 Å². The summed E-state index contributed by atoms with van der Waals surface area (Å²) in [6.07, 6.45) is 1.55. The van der Waals surface area contributed by atoms with Crippen LogP contribution in [0.25, 0.3) is 16.3 Å². The molecule has 0 aliphatic rings. The van der Waals surface area contributed by atoms with E-state index >= 15 is 0 Å². The Kier molecular flexibility index (Phi) is 7.79. The van der Waals surface area contributed by atoms with Crippen molar-refractivity contribution in [2.45, 2.75) is 33.7 Å². The molecule has 0 saturated heterocycles. The van der Waals surface area contributed by atoms with Gasteiger partial charge in [0, 0.05) is 23.8 Å². The van der Waals surface area contributed by atoms with Crippen molar-refractivity contribution in [3.05, 3.63) is 63.1 Å². The lowest BCUT2D eigenvalue weighted by Gasteiger charge is -2.26. The third-order valence-electron chi connectivity index (χ3n) is 4.92. The molecule has 3 aromatic rings. The van der Waals surface area contributed by atoms with Gasteiger partial charge in [0.15, 0.2) is 3.95 Å². The molecule has 170 valence electrons. The fourth-order valence-corrected chi connectivity index (χ4v) is 4.45. The number of carbonyl (C=O) groups is 2. The van der Waals surface area contributed by atoms with Crippen LogP contribution in [0, 0.1) is 21.2 Å². The summed E-state index contributed by atoms with van der Waals surface area (Å²) in [6.45, 7) is 8.47. The summed E-state index contributed by atoms with van der Waals surface area (Å²) in [5.41, 5.74) is 2.83. The minimum absolute atomic E-state index is 0.0162. The number of nitrogens with zero attached hydrogens (tertiary/aromatic N) is 2. The predicted molar refractivity (Wildman–Crippen MR) is 137 cm³/mol. The van der Waals surface area contributed by atoms with Crippen molar-refractivity contribution in [3.8, 4) is 6.07 Å². The van der Waals surface area contributed by atoms with E-state index in [1.165, 1.54) is 11.3 Å². The molecule has 0 saturated carbocycles. The van der Waals surface area contributed by atoms with E-state index in [0.717, 1.165) is 10.2 Å². The monoisotopic (exact) mass is 478 g/mol. The van der Waals surface area contributed by atoms with E-state index in [0.29, 0.717) is 33.2 Å². The first-order chi connectivity index (χ1) is 15.7. The number of amides is 2. The number of hydrogen-bond donors (Lipinski definition) is 2. The van der Waals surface area contributed by atoms with Crippen molar-refractivity contribution in [2.75, 3.05) is 11.4 Å². The first-order valence-corrected chi connectivity index (χ1v) is 11.9. The first-order valence-electron chi connectivity index (χ1n) is 10.7. The summed E-state index contributed by atoms with van der Waals surface area (Å²) >= 11 is 6.66. The zero-order valence-electron chi connectivity index (χ0n) is 19.0. The van der Waals surface area contributed by atoms with Crippen molar-refractivity contribution in [1.82, 2.24) is 10.3 Å². The minimum atomic E-state index is -0.385. The fourth-order valence-electron chi connectivity index (χ4n) is 3.30. The number of thiazole rings is 1. The van der Waals surface area contributed by atoms with E-state index in [4.69, 9.17) is 12.2 Å². The zero-order valence-corrected chi connectivity index (χ0v) is 20.6. The standard InChI is InChI=1S/C25H26N4O2S2/c1-15(2)14-27-23(30)18-7-5-17(6-8-18)11-19(13-26)24(31)29(16(3)4)20-9-10-21-22(12-20)33-25(32)28-21/h5-12,15-16H,14H2,1-4H3,(H,27,30)(H,28,32). The highest BCUT2D eigenvalue weighted by Gasteiger charge is 2.23. The average Bonchev–Trinajstić information content (AvgIpc) is 3.15. The van der Waals surface area contributed by atoms with Crippen LogP contribution in [0.4, 0.5) is 5.69 Å². The van der Waals surface area contributed by atoms with Gasteiger partial charge in [-0.05, 0) is 74.0 Å². The van der Waals surface area contributed by atoms with Gasteiger partial charge in [0.1, 0.15) is 11.6 Å². The molecule has 0 unspecified atom stereocenters. The third-order valence-corrected chi connectivity index (χ3v) is 6.12. The topological polar surface area (TPSA) is 89.0 Å². The van der Waals surface area contributed by atoms with Gasteiger partial charge in [-0.1, -0.05) is 26.0 Å². The summed E-state index contributed by atoms with van der Waals surface area (Å²) in [4.78, 5) is 30.3. The van der Waals surface area contributed by atoms with Gasteiger partial charge >= 0.3 is 0 Å². The number of benzene rings is 2. The Morgan fingerprint density at radius 2 is 1.88 bits per heavy atom. The van der Waals surface area contributed by atoms with Crippen LogP contribution in [0.3, 0.4) is 0 Å². The average molecular weight is 479 g/mol. The van der Waals surface area contributed by atoms with Crippen LogP contribution < -0.4 is 10.2 Å². The molecule has 8 heteroatoms. The van der Waals surface area contributed by atoms with Crippen molar-refractivity contribution in [2.24, 2.45) is 5.92 Å². The molecule has 0 radical (unpaired) electrons. The molecular formula is C25H26N4O2S2. The molecule has 3 rings (SSSR count). The predicted octanol–water partition coefficient (Wildman–Crippen LogP) is 5.69. The maximum atomic E-state index is 13.3. The van der Waals surface area contributed by atoms with Gasteiger partial charge in [0.25, 0.3) is 11.8 Å². The van der Waals surface area contributed by atoms with E-state index in [1.807, 2.05) is 52.0 Å². The van der Waals surface area contributed by atoms with Gasteiger partial charge in [-0.3, -0.25) is 9.59 Å². The van der Waals surface area contributed by atoms with Crippen molar-refractivity contribution in [3.63, 3.8) is 0 Å². The van der Waals surface area contributed by atoms with Crippen molar-refractivity contribution in [1.29, 1.82) is 5.26 Å². The van der Waals surface area contributed by atoms with E-state index in [1.54, 1.807) is 35.2 Å². The number of aromatic nitrogens is 1. The molecule has 33 heavy (non-hydrogen) atoms. The largest absolute Gasteiger partial charge is 0.352 e. The normalized spacial score (nSPS) is 11.6. The SMILES string of the molecule is CC(C)CNC(=O)c1ccc(C=C(C#N)C(=O)N(c2ccc3[nH]c(=S)sc3c2)C(C)C)cc1. The lowest BCUT2D eigenvalue weighted by Crippen LogP contribution is -2.37. The molecule has 0 aliphatic heterocycles. The Hall–Kier alpha value is -3.28. The highest BCUT2D eigenvalue weighted by molar-refractivity contribution is 7.73. The molecule has 2 aromatic carbocycles. The molecule has 1 aromatic heterocycles. The number of H-pyrrole nitrogens is 1. The maximum Gasteiger partial charge on any atom is 0.269 e. The highest BCUT2D eigenvalue weighted by Crippen LogP contribution is 2.28. The van der Waals surface area contributed by atoms with Gasteiger partial charge in [-0.15, -0.1) is 11.3 Å². The summed E-state index contributed by atoms with van der Waals surface area (Å²) < 4.78 is 1.62. The minimum Gasteiger partial charge on any atom is -0.352 e. The Bertz CT molecular complexity index is 1290. The zero-order chi connectivity index (χ0) is 24.1. The second-order valence-electron chi connectivity index (χ2n) is 8.36. The number of carbonyl (C=O) groups excluding carboxylic acids is 2. The second-order valence-corrected chi connectivity index (χ2v) is 10.1. The van der Waals surface area contributed by atoms with Crippen LogP contribution in [-0.4, -0.2) is 29.4 Å². The van der Waals surface area contributed by atoms with Gasteiger partial charge in [0.2, 0.25) is 0 Å². The number of anilines is 1. The molecule has 0 bridgehead atoms. The van der Waals surface area contributed by atoms with Crippen LogP contribution >= 0.6 is 23.6 Å². The van der Waals surface area contributed by atoms with Crippen LogP contribution in [0.2, 0.25) is 0 Å². The van der Waals surface area contributed by atoms with Crippen LogP contribution in [0.15, 0.2) is 48.0 Å². The Balaban J connectivity index is 1.86. The van der Waals surface area contributed by atoms with Gasteiger partial charge in [0.05, 0.1) is 10.2 Å². The van der Waals surface area contributed by atoms with E-state index in [9.17, 15) is 14.9 Å². The highest BCUT2D eigenvalue weighted by atomic mass is 32.1. The van der Waals surface area contributed by atoms with Crippen molar-refractivity contribution >= 4 is 57.3 Å². The smallest absolute Gasteiger partial charge is 0.269 e. The van der Waals surface area contributed by atoms with Crippen LogP contribution in [0.1, 0.15) is 43.6 Å². The number of hydrogen-bond acceptors (Lipinski definition) is 5. The second kappa shape index (κ2) is 10.6. The number of nitrogens with one attached hydrogen (secondary N) is 2. The number of nitriles is 1. The van der Waals surface area contributed by atoms with Gasteiger partial charge in [-0.2, -0.15) is 5.26 Å². The lowest BCUT2D eigenvalue weighted by molar-refractivity contribution is -0.115. The number of rotatable bonds is 7. The van der Waals surface area contributed by atoms with E-state index in [2.05, 4.69) is 10.3 Å². The van der Waals surface area contributed by atoms with Crippen LogP contribution in [-0.2, 0) is 4.79 Å². The fraction of sp³-hybridized carbons (Fsp3) is 0.280. The Morgan fingerprint density at radius 1 is 1.18 bits per heavy atom. The quantitative estimate of drug-likeness (QED) is 0.259. The number of aromatic amines is 1. The number of fused-ring (bicyclic) bond motifs is 1. The summed E-state index contributed by atoms with van der Waals surface area (Å²) in [6, 6.07) is 14.4. The molecule has 6 nitrogen and oxygen atoms in total. The van der Waals surface area contributed by atoms with Crippen LogP contribution in [0.5, 0.6) is 0 Å². The molecular weight excluding hydrogens is 452 g/mol. The van der Waals surface area contributed by atoms with Crippen molar-refractivity contribution < 1.29 is 9.59 Å². The molecule has 0 atom stereocenters. The summed E-state index contributed by atoms with van der Waals surface area (Å²) in [5, 5.41) is 12.6. The van der Waals surface area contributed by atoms with Gasteiger partial charge in [-0.25, -0.2) is 0 Å². The third kappa shape index (κ3) is 5.95. The van der Waals surface area contributed by atoms with E-state index < -0.39 is 0 Å². The maximum absolute atomic E-state index is 13.3. The van der Waals surface area contributed by atoms with E-state index in [-0.39, 0.29) is 23.4 Å². The Morgan fingerprint density at radius 3 is 2.48 bits per heavy atom. The molecule has 0 spiro atoms. The molecule has 2 amide bonds. The molecule has 1 heterocycles. The molecule has 2 N–H and O–H groups in total. The summed E-state index contributed by atoms with van der Waals surface area (Å²) in [7, 11) is 0. The van der Waals surface area contributed by atoms with Gasteiger partial charge < -0.3 is 15.2 Å². The lowest BCUT2D eigenvalue weighted by atomic mass is 10.1. The summed E-state index contributed by atoms with van der Waals surface area (Å²) in [5.74, 6) is -0.170.